The lowest BCUT2D eigenvalue weighted by Crippen LogP contribution is -2.14. The van der Waals surface area contributed by atoms with Crippen molar-refractivity contribution in [3.8, 4) is 0 Å². The van der Waals surface area contributed by atoms with Gasteiger partial charge in [-0.25, -0.2) is 4.79 Å². The summed E-state index contributed by atoms with van der Waals surface area (Å²) in [6, 6.07) is 3.50. The number of nitro benzene ring substituents is 1. The maximum Gasteiger partial charge on any atom is 0.337 e. The van der Waals surface area contributed by atoms with Gasteiger partial charge in [0.1, 0.15) is 0 Å². The molecule has 0 radical (unpaired) electrons. The summed E-state index contributed by atoms with van der Waals surface area (Å²) in [6.07, 6.45) is -1.79. The zero-order valence-electron chi connectivity index (χ0n) is 10.6. The van der Waals surface area contributed by atoms with Gasteiger partial charge in [0.25, 0.3) is 5.69 Å². The molecule has 8 nitrogen and oxygen atoms in total. The Labute approximate surface area is 113 Å². The summed E-state index contributed by atoms with van der Waals surface area (Å²) in [5.41, 5.74) is -0.0892. The first-order chi connectivity index (χ1) is 9.36. The molecule has 0 aromatic heterocycles. The van der Waals surface area contributed by atoms with Gasteiger partial charge in [0.2, 0.25) is 0 Å². The van der Waals surface area contributed by atoms with E-state index in [0.29, 0.717) is 5.56 Å². The molecule has 0 fully saturated rings. The van der Waals surface area contributed by atoms with Gasteiger partial charge in [-0.1, -0.05) is 6.07 Å². The van der Waals surface area contributed by atoms with Gasteiger partial charge in [-0.05, 0) is 12.0 Å². The third-order valence-electron chi connectivity index (χ3n) is 2.69. The third kappa shape index (κ3) is 3.75. The highest BCUT2D eigenvalue weighted by atomic mass is 16.6. The first-order valence-electron chi connectivity index (χ1n) is 5.61. The summed E-state index contributed by atoms with van der Waals surface area (Å²) in [6.45, 7) is 0. The second-order valence-corrected chi connectivity index (χ2v) is 3.96. The minimum atomic E-state index is -1.89. The van der Waals surface area contributed by atoms with Crippen LogP contribution in [-0.4, -0.2) is 34.2 Å². The number of aliphatic hydroxyl groups is 1. The number of aryl methyl sites for hydroxylation is 1. The molecule has 1 atom stereocenters. The fraction of sp³-hybridized carbons (Fsp3) is 0.333. The average molecular weight is 283 g/mol. The maximum atomic E-state index is 11.1. The van der Waals surface area contributed by atoms with Crippen molar-refractivity contribution in [2.45, 2.75) is 18.9 Å². The lowest BCUT2D eigenvalue weighted by atomic mass is 9.98. The van der Waals surface area contributed by atoms with Crippen molar-refractivity contribution in [2.75, 3.05) is 7.11 Å². The van der Waals surface area contributed by atoms with Gasteiger partial charge in [-0.2, -0.15) is 0 Å². The lowest BCUT2D eigenvalue weighted by Gasteiger charge is -2.11. The number of carbonyl (C=O) groups excluding carboxylic acids is 1. The Morgan fingerprint density at radius 3 is 2.60 bits per heavy atom. The van der Waals surface area contributed by atoms with E-state index in [9.17, 15) is 24.8 Å². The molecule has 0 amide bonds. The van der Waals surface area contributed by atoms with Crippen LogP contribution in [0.25, 0.3) is 0 Å². The topological polar surface area (TPSA) is 127 Å². The van der Waals surface area contributed by atoms with Crippen LogP contribution >= 0.6 is 0 Å². The van der Waals surface area contributed by atoms with Crippen molar-refractivity contribution < 1.29 is 29.5 Å². The zero-order chi connectivity index (χ0) is 15.3. The molecule has 0 heterocycles. The van der Waals surface area contributed by atoms with E-state index in [4.69, 9.17) is 5.11 Å². The zero-order valence-corrected chi connectivity index (χ0v) is 10.6. The van der Waals surface area contributed by atoms with Gasteiger partial charge >= 0.3 is 11.9 Å². The number of nitrogens with zero attached hydrogens (tertiary/aromatic N) is 1. The van der Waals surface area contributed by atoms with E-state index in [2.05, 4.69) is 4.74 Å². The predicted octanol–water partition coefficient (Wildman–Crippen LogP) is 0.818. The highest BCUT2D eigenvalue weighted by Gasteiger charge is 2.22. The van der Waals surface area contributed by atoms with Gasteiger partial charge in [0, 0.05) is 24.1 Å². The molecule has 108 valence electrons. The minimum absolute atomic E-state index is 0.0202. The number of carboxylic acid groups (broad SMARTS) is 1. The minimum Gasteiger partial charge on any atom is -0.479 e. The Balaban J connectivity index is 3.12. The predicted molar refractivity (Wildman–Crippen MR) is 66.0 cm³/mol. The van der Waals surface area contributed by atoms with Crippen LogP contribution in [0.4, 0.5) is 5.69 Å². The second-order valence-electron chi connectivity index (χ2n) is 3.96. The quantitative estimate of drug-likeness (QED) is 0.449. The number of carbonyl (C=O) groups is 2. The Bertz CT molecular complexity index is 541. The molecule has 0 aliphatic rings. The summed E-state index contributed by atoms with van der Waals surface area (Å²) in [5, 5.41) is 29.0. The van der Waals surface area contributed by atoms with Crippen LogP contribution in [0.3, 0.4) is 0 Å². The highest BCUT2D eigenvalue weighted by Crippen LogP contribution is 2.25. The van der Waals surface area contributed by atoms with Crippen LogP contribution in [0.2, 0.25) is 0 Å². The fourth-order valence-corrected chi connectivity index (χ4v) is 1.65. The van der Waals surface area contributed by atoms with Gasteiger partial charge in [0.15, 0.2) is 6.10 Å². The van der Waals surface area contributed by atoms with Crippen molar-refractivity contribution in [1.29, 1.82) is 0 Å². The molecular weight excluding hydrogens is 270 g/mol. The lowest BCUT2D eigenvalue weighted by molar-refractivity contribution is -0.385. The first kappa shape index (κ1) is 15.6. The van der Waals surface area contributed by atoms with Crippen molar-refractivity contribution in [1.82, 2.24) is 0 Å². The fourth-order valence-electron chi connectivity index (χ4n) is 1.65. The largest absolute Gasteiger partial charge is 0.479 e. The number of ether oxygens (including phenoxy) is 1. The first-order valence-corrected chi connectivity index (χ1v) is 5.61. The number of hydrogen-bond donors (Lipinski definition) is 2. The van der Waals surface area contributed by atoms with Gasteiger partial charge in [0.05, 0.1) is 12.0 Å². The number of non-ortho nitro benzene ring substituents is 1. The Kier molecular flexibility index (Phi) is 5.15. The Morgan fingerprint density at radius 2 is 2.10 bits per heavy atom. The summed E-state index contributed by atoms with van der Waals surface area (Å²) in [7, 11) is 1.21. The maximum absolute atomic E-state index is 11.1. The van der Waals surface area contributed by atoms with Gasteiger partial charge in [-0.15, -0.1) is 0 Å². The van der Waals surface area contributed by atoms with Crippen molar-refractivity contribution in [3.05, 3.63) is 39.4 Å². The standard InChI is InChI=1S/C12H13NO7/c1-20-10(14)5-3-7-2-4-8(13(18)19)6-9(7)11(15)12(16)17/h2,4,6,11,15H,3,5H2,1H3,(H,16,17). The van der Waals surface area contributed by atoms with Crippen LogP contribution in [0.15, 0.2) is 18.2 Å². The number of rotatable bonds is 6. The summed E-state index contributed by atoms with van der Waals surface area (Å²) < 4.78 is 4.46. The number of methoxy groups -OCH3 is 1. The number of benzene rings is 1. The molecule has 0 saturated carbocycles. The van der Waals surface area contributed by atoms with Crippen LogP contribution < -0.4 is 0 Å². The van der Waals surface area contributed by atoms with Gasteiger partial charge in [-0.3, -0.25) is 14.9 Å². The molecule has 1 aromatic carbocycles. The summed E-state index contributed by atoms with van der Waals surface area (Å²) in [4.78, 5) is 31.9. The second kappa shape index (κ2) is 6.62. The molecular formula is C12H13NO7. The number of esters is 1. The molecule has 0 aliphatic heterocycles. The normalized spacial score (nSPS) is 11.7. The number of aliphatic hydroxyl groups excluding tert-OH is 1. The molecule has 1 unspecified atom stereocenters. The summed E-state index contributed by atoms with van der Waals surface area (Å²) in [5.74, 6) is -2.02. The number of hydrogen-bond acceptors (Lipinski definition) is 6. The van der Waals surface area contributed by atoms with E-state index in [-0.39, 0.29) is 24.1 Å². The van der Waals surface area contributed by atoms with E-state index < -0.39 is 23.0 Å². The molecule has 0 saturated heterocycles. The SMILES string of the molecule is COC(=O)CCc1ccc([N+](=O)[O-])cc1C(O)C(=O)O. The van der Waals surface area contributed by atoms with Crippen molar-refractivity contribution in [2.24, 2.45) is 0 Å². The number of carboxylic acids is 1. The Morgan fingerprint density at radius 1 is 1.45 bits per heavy atom. The average Bonchev–Trinajstić information content (AvgIpc) is 2.43. The monoisotopic (exact) mass is 283 g/mol. The molecule has 2 N–H and O–H groups in total. The van der Waals surface area contributed by atoms with Crippen molar-refractivity contribution >= 4 is 17.6 Å². The number of nitro groups is 1. The molecule has 1 aromatic rings. The molecule has 0 spiro atoms. The Hall–Kier alpha value is -2.48. The molecule has 20 heavy (non-hydrogen) atoms. The van der Waals surface area contributed by atoms with E-state index in [1.807, 2.05) is 0 Å². The van der Waals surface area contributed by atoms with Gasteiger partial charge < -0.3 is 14.9 Å². The van der Waals surface area contributed by atoms with E-state index >= 15 is 0 Å². The van der Waals surface area contributed by atoms with Crippen LogP contribution in [0.5, 0.6) is 0 Å². The van der Waals surface area contributed by atoms with Crippen LogP contribution in [0.1, 0.15) is 23.7 Å². The van der Waals surface area contributed by atoms with Crippen molar-refractivity contribution in [3.63, 3.8) is 0 Å². The van der Waals surface area contributed by atoms with E-state index in [1.54, 1.807) is 0 Å². The molecule has 1 rings (SSSR count). The third-order valence-corrected chi connectivity index (χ3v) is 2.69. The van der Waals surface area contributed by atoms with E-state index in [0.717, 1.165) is 6.07 Å². The van der Waals surface area contributed by atoms with E-state index in [1.165, 1.54) is 19.2 Å². The van der Waals surface area contributed by atoms with Crippen LogP contribution in [-0.2, 0) is 20.7 Å². The number of aliphatic carboxylic acids is 1. The molecule has 0 bridgehead atoms. The summed E-state index contributed by atoms with van der Waals surface area (Å²) >= 11 is 0. The molecule has 8 heteroatoms. The molecule has 0 aliphatic carbocycles. The van der Waals surface area contributed by atoms with Crippen LogP contribution in [0, 0.1) is 10.1 Å². The smallest absolute Gasteiger partial charge is 0.337 e. The highest BCUT2D eigenvalue weighted by molar-refractivity contribution is 5.75.